The number of hydrogen-bond acceptors (Lipinski definition) is 3. The SMILES string of the molecule is O=C(NNC(=O)c1cccnc1)Nc1cccc(Cl)c1Cl. The molecule has 6 nitrogen and oxygen atoms in total. The van der Waals surface area contributed by atoms with E-state index in [-0.39, 0.29) is 5.02 Å². The predicted octanol–water partition coefficient (Wildman–Crippen LogP) is 2.85. The second-order valence-corrected chi connectivity index (χ2v) is 4.66. The van der Waals surface area contributed by atoms with Gasteiger partial charge in [0.15, 0.2) is 0 Å². The molecule has 3 N–H and O–H groups in total. The van der Waals surface area contributed by atoms with E-state index in [4.69, 9.17) is 23.2 Å². The standard InChI is InChI=1S/C13H10Cl2N4O2/c14-9-4-1-5-10(11(9)15)17-13(21)19-18-12(20)8-3-2-6-16-7-8/h1-7H,(H,18,20)(H2,17,19,21). The normalized spacial score (nSPS) is 9.81. The van der Waals surface area contributed by atoms with Gasteiger partial charge in [-0.05, 0) is 24.3 Å². The highest BCUT2D eigenvalue weighted by molar-refractivity contribution is 6.43. The van der Waals surface area contributed by atoms with Gasteiger partial charge in [-0.1, -0.05) is 29.3 Å². The molecule has 1 aromatic heterocycles. The number of anilines is 1. The molecular weight excluding hydrogens is 315 g/mol. The highest BCUT2D eigenvalue weighted by atomic mass is 35.5. The highest BCUT2D eigenvalue weighted by Crippen LogP contribution is 2.29. The summed E-state index contributed by atoms with van der Waals surface area (Å²) in [5.41, 5.74) is 5.08. The molecule has 0 aliphatic rings. The van der Waals surface area contributed by atoms with Crippen LogP contribution in [-0.4, -0.2) is 16.9 Å². The first-order valence-corrected chi connectivity index (χ1v) is 6.55. The van der Waals surface area contributed by atoms with Crippen LogP contribution in [0.4, 0.5) is 10.5 Å². The van der Waals surface area contributed by atoms with Crippen LogP contribution in [0.3, 0.4) is 0 Å². The maximum absolute atomic E-state index is 11.7. The number of nitrogens with one attached hydrogen (secondary N) is 3. The number of amides is 3. The average molecular weight is 325 g/mol. The molecular formula is C13H10Cl2N4O2. The molecule has 2 aromatic rings. The van der Waals surface area contributed by atoms with Crippen molar-refractivity contribution in [1.29, 1.82) is 0 Å². The van der Waals surface area contributed by atoms with Crippen molar-refractivity contribution >= 4 is 40.8 Å². The Kier molecular flexibility index (Phi) is 4.97. The smallest absolute Gasteiger partial charge is 0.305 e. The summed E-state index contributed by atoms with van der Waals surface area (Å²) in [6.45, 7) is 0. The molecule has 0 spiro atoms. The number of urea groups is 1. The lowest BCUT2D eigenvalue weighted by Crippen LogP contribution is -2.43. The third-order valence-corrected chi connectivity index (χ3v) is 3.23. The van der Waals surface area contributed by atoms with Crippen LogP contribution in [0.15, 0.2) is 42.7 Å². The molecule has 8 heteroatoms. The monoisotopic (exact) mass is 324 g/mol. The molecule has 0 radical (unpaired) electrons. The number of hydrazine groups is 1. The van der Waals surface area contributed by atoms with E-state index in [0.717, 1.165) is 0 Å². The summed E-state index contributed by atoms with van der Waals surface area (Å²) in [6.07, 6.45) is 2.92. The number of pyridine rings is 1. The van der Waals surface area contributed by atoms with Crippen molar-refractivity contribution in [2.24, 2.45) is 0 Å². The molecule has 0 fully saturated rings. The maximum atomic E-state index is 11.7. The van der Waals surface area contributed by atoms with Crippen LogP contribution >= 0.6 is 23.2 Å². The van der Waals surface area contributed by atoms with Crippen LogP contribution in [0.2, 0.25) is 10.0 Å². The van der Waals surface area contributed by atoms with Gasteiger partial charge in [0.1, 0.15) is 0 Å². The fourth-order valence-corrected chi connectivity index (χ4v) is 1.78. The second-order valence-electron chi connectivity index (χ2n) is 3.88. The minimum Gasteiger partial charge on any atom is -0.305 e. The number of aromatic nitrogens is 1. The number of carbonyl (C=O) groups excluding carboxylic acids is 2. The zero-order chi connectivity index (χ0) is 15.2. The molecule has 0 saturated carbocycles. The minimum absolute atomic E-state index is 0.216. The largest absolute Gasteiger partial charge is 0.337 e. The van der Waals surface area contributed by atoms with Crippen LogP contribution in [0.5, 0.6) is 0 Å². The third kappa shape index (κ3) is 4.08. The first-order valence-electron chi connectivity index (χ1n) is 5.79. The third-order valence-electron chi connectivity index (χ3n) is 2.41. The summed E-state index contributed by atoms with van der Waals surface area (Å²) in [5, 5.41) is 2.99. The average Bonchev–Trinajstić information content (AvgIpc) is 2.50. The maximum Gasteiger partial charge on any atom is 0.337 e. The minimum atomic E-state index is -0.656. The Morgan fingerprint density at radius 2 is 1.86 bits per heavy atom. The second kappa shape index (κ2) is 6.92. The summed E-state index contributed by atoms with van der Waals surface area (Å²) in [5.74, 6) is -0.490. The summed E-state index contributed by atoms with van der Waals surface area (Å²) < 4.78 is 0. The Morgan fingerprint density at radius 3 is 2.57 bits per heavy atom. The number of benzene rings is 1. The van der Waals surface area contributed by atoms with Gasteiger partial charge in [0.25, 0.3) is 5.91 Å². The number of carbonyl (C=O) groups is 2. The number of nitrogens with zero attached hydrogens (tertiary/aromatic N) is 1. The molecule has 0 aliphatic carbocycles. The Bertz CT molecular complexity index is 664. The van der Waals surface area contributed by atoms with E-state index in [1.165, 1.54) is 12.4 Å². The summed E-state index contributed by atoms with van der Waals surface area (Å²) in [4.78, 5) is 27.1. The van der Waals surface area contributed by atoms with E-state index >= 15 is 0 Å². The highest BCUT2D eigenvalue weighted by Gasteiger charge is 2.10. The Balaban J connectivity index is 1.91. The Hall–Kier alpha value is -2.31. The van der Waals surface area contributed by atoms with Gasteiger partial charge < -0.3 is 5.32 Å². The molecule has 2 rings (SSSR count). The number of hydrogen-bond donors (Lipinski definition) is 3. The molecule has 0 saturated heterocycles. The summed E-state index contributed by atoms with van der Waals surface area (Å²) in [6, 6.07) is 7.33. The topological polar surface area (TPSA) is 83.1 Å². The Morgan fingerprint density at radius 1 is 1.05 bits per heavy atom. The van der Waals surface area contributed by atoms with Gasteiger partial charge in [0.2, 0.25) is 0 Å². The predicted molar refractivity (Wildman–Crippen MR) is 80.3 cm³/mol. The van der Waals surface area contributed by atoms with E-state index in [0.29, 0.717) is 16.3 Å². The molecule has 0 unspecified atom stereocenters. The van der Waals surface area contributed by atoms with Crippen LogP contribution in [0, 0.1) is 0 Å². The molecule has 0 aliphatic heterocycles. The van der Waals surface area contributed by atoms with Gasteiger partial charge >= 0.3 is 6.03 Å². The van der Waals surface area contributed by atoms with Gasteiger partial charge in [-0.15, -0.1) is 0 Å². The zero-order valence-electron chi connectivity index (χ0n) is 10.6. The lowest BCUT2D eigenvalue weighted by molar-refractivity contribution is 0.0937. The molecule has 108 valence electrons. The molecule has 0 bridgehead atoms. The molecule has 3 amide bonds. The van der Waals surface area contributed by atoms with Crippen LogP contribution in [0.1, 0.15) is 10.4 Å². The van der Waals surface area contributed by atoms with Crippen molar-refractivity contribution in [3.05, 3.63) is 58.3 Å². The van der Waals surface area contributed by atoms with E-state index in [2.05, 4.69) is 21.2 Å². The molecule has 1 heterocycles. The first-order chi connectivity index (χ1) is 10.1. The fraction of sp³-hybridized carbons (Fsp3) is 0. The lowest BCUT2D eigenvalue weighted by Gasteiger charge is -2.10. The van der Waals surface area contributed by atoms with Gasteiger partial charge in [-0.25, -0.2) is 10.2 Å². The van der Waals surface area contributed by atoms with Crippen LogP contribution in [0.25, 0.3) is 0 Å². The van der Waals surface area contributed by atoms with Gasteiger partial charge in [-0.2, -0.15) is 0 Å². The van der Waals surface area contributed by atoms with E-state index in [9.17, 15) is 9.59 Å². The van der Waals surface area contributed by atoms with Crippen molar-refractivity contribution in [2.75, 3.05) is 5.32 Å². The van der Waals surface area contributed by atoms with E-state index in [1.54, 1.807) is 30.3 Å². The van der Waals surface area contributed by atoms with Crippen molar-refractivity contribution in [2.45, 2.75) is 0 Å². The molecule has 0 atom stereocenters. The molecule has 21 heavy (non-hydrogen) atoms. The quantitative estimate of drug-likeness (QED) is 0.743. The summed E-state index contributed by atoms with van der Waals surface area (Å²) in [7, 11) is 0. The van der Waals surface area contributed by atoms with Gasteiger partial charge in [0, 0.05) is 12.4 Å². The van der Waals surface area contributed by atoms with Crippen LogP contribution < -0.4 is 16.2 Å². The number of halogens is 2. The lowest BCUT2D eigenvalue weighted by atomic mass is 10.3. The summed E-state index contributed by atoms with van der Waals surface area (Å²) >= 11 is 11.8. The van der Waals surface area contributed by atoms with Crippen molar-refractivity contribution < 1.29 is 9.59 Å². The fourth-order valence-electron chi connectivity index (χ4n) is 1.44. The number of rotatable bonds is 2. The van der Waals surface area contributed by atoms with Crippen molar-refractivity contribution in [3.63, 3.8) is 0 Å². The zero-order valence-corrected chi connectivity index (χ0v) is 12.1. The van der Waals surface area contributed by atoms with Gasteiger partial charge in [0.05, 0.1) is 21.3 Å². The Labute approximate surface area is 130 Å². The van der Waals surface area contributed by atoms with Crippen molar-refractivity contribution in [3.8, 4) is 0 Å². The van der Waals surface area contributed by atoms with Crippen molar-refractivity contribution in [1.82, 2.24) is 15.8 Å². The van der Waals surface area contributed by atoms with E-state index < -0.39 is 11.9 Å². The first kappa shape index (κ1) is 15.1. The van der Waals surface area contributed by atoms with E-state index in [1.807, 2.05) is 0 Å². The molecule has 1 aromatic carbocycles. The van der Waals surface area contributed by atoms with Crippen LogP contribution in [-0.2, 0) is 0 Å². The van der Waals surface area contributed by atoms with Gasteiger partial charge in [-0.3, -0.25) is 15.2 Å².